The van der Waals surface area contributed by atoms with E-state index >= 15 is 0 Å². The first kappa shape index (κ1) is 55.9. The quantitative estimate of drug-likeness (QED) is 0.174. The fraction of sp³-hybridized carbons (Fsp3) is 0.660. The second kappa shape index (κ2) is 27.4. The number of esters is 1. The minimum Gasteiger partial charge on any atom is -0.481 e. The van der Waals surface area contributed by atoms with Crippen LogP contribution in [-0.4, -0.2) is 166 Å². The van der Waals surface area contributed by atoms with E-state index in [1.54, 1.807) is 80.7 Å². The minimum atomic E-state index is -2.33. The van der Waals surface area contributed by atoms with E-state index in [-0.39, 0.29) is 31.6 Å². The number of carbonyl (C=O) groups is 2. The van der Waals surface area contributed by atoms with Crippen molar-refractivity contribution in [1.82, 2.24) is 0 Å². The SMILES string of the molecule is C[C@@H]1[C@H](O)[C@@H](C)\C=C/C=C\C=C/C=C\C=C/C=C\C=C/[C@H](O[C@@H]2O[C@H](C)[C@@H](O)[C@H](N)[C@@H]2O)C[C@@H]2O[C@](O)(C[C@@H](O)C[C@@H](O)[C@H](O)CC[C@@H](O)C[C@@H](O)CC(=O)O[C@H]1C)C[C@H](O)[C@H]2C(=O)O. The number of carbonyl (C=O) groups excluding carboxylic acids is 1. The molecule has 2 saturated heterocycles. The molecule has 0 saturated carbocycles. The van der Waals surface area contributed by atoms with Crippen molar-refractivity contribution in [2.24, 2.45) is 23.5 Å². The predicted molar refractivity (Wildman–Crippen MR) is 237 cm³/mol. The second-order valence-corrected chi connectivity index (χ2v) is 17.6. The molecule has 2 bridgehead atoms. The van der Waals surface area contributed by atoms with Gasteiger partial charge in [-0.1, -0.05) is 98.9 Å². The highest BCUT2D eigenvalue weighted by Crippen LogP contribution is 2.38. The number of ether oxygens (including phenoxy) is 4. The molecule has 368 valence electrons. The maximum atomic E-state index is 12.6. The van der Waals surface area contributed by atoms with Crippen LogP contribution in [0.2, 0.25) is 0 Å². The number of fused-ring (bicyclic) bond motifs is 2. The summed E-state index contributed by atoms with van der Waals surface area (Å²) < 4.78 is 23.1. The van der Waals surface area contributed by atoms with E-state index in [0.717, 1.165) is 0 Å². The Bertz CT molecular complexity index is 1670. The Kier molecular flexibility index (Phi) is 23.6. The minimum absolute atomic E-state index is 0.107. The Hall–Kier alpha value is -3.44. The lowest BCUT2D eigenvalue weighted by atomic mass is 9.82. The van der Waals surface area contributed by atoms with Crippen LogP contribution in [0.25, 0.3) is 0 Å². The van der Waals surface area contributed by atoms with E-state index in [1.807, 2.05) is 19.1 Å². The van der Waals surface area contributed by atoms with Crippen molar-refractivity contribution in [3.05, 3.63) is 85.1 Å². The zero-order chi connectivity index (χ0) is 48.4. The van der Waals surface area contributed by atoms with Crippen molar-refractivity contribution in [1.29, 1.82) is 0 Å². The summed E-state index contributed by atoms with van der Waals surface area (Å²) in [7, 11) is 0. The van der Waals surface area contributed by atoms with E-state index in [2.05, 4.69) is 0 Å². The topological polar surface area (TPSA) is 320 Å². The zero-order valence-corrected chi connectivity index (χ0v) is 37.6. The van der Waals surface area contributed by atoms with Crippen LogP contribution in [0.1, 0.15) is 79.1 Å². The number of cyclic esters (lactones) is 1. The zero-order valence-electron chi connectivity index (χ0n) is 37.6. The maximum absolute atomic E-state index is 12.6. The van der Waals surface area contributed by atoms with Crippen molar-refractivity contribution in [3.63, 3.8) is 0 Å². The highest BCUT2D eigenvalue weighted by atomic mass is 16.7. The third-order valence-electron chi connectivity index (χ3n) is 12.0. The van der Waals surface area contributed by atoms with Crippen LogP contribution in [0.3, 0.4) is 0 Å². The van der Waals surface area contributed by atoms with Gasteiger partial charge in [-0.3, -0.25) is 9.59 Å². The Morgan fingerprint density at radius 2 is 1.23 bits per heavy atom. The van der Waals surface area contributed by atoms with E-state index in [0.29, 0.717) is 0 Å². The van der Waals surface area contributed by atoms with Crippen molar-refractivity contribution in [2.75, 3.05) is 0 Å². The highest BCUT2D eigenvalue weighted by molar-refractivity contribution is 5.71. The van der Waals surface area contributed by atoms with E-state index in [1.165, 1.54) is 13.0 Å². The molecule has 0 spiro atoms. The average molecular weight is 924 g/mol. The fourth-order valence-electron chi connectivity index (χ4n) is 7.97. The van der Waals surface area contributed by atoms with Gasteiger partial charge in [0.1, 0.15) is 18.1 Å². The van der Waals surface area contributed by atoms with Crippen LogP contribution in [0.5, 0.6) is 0 Å². The Morgan fingerprint density at radius 1 is 0.662 bits per heavy atom. The molecule has 0 radical (unpaired) electrons. The largest absolute Gasteiger partial charge is 0.481 e. The molecule has 0 aliphatic carbocycles. The Morgan fingerprint density at radius 3 is 1.82 bits per heavy atom. The molecular weight excluding hydrogens is 851 g/mol. The molecule has 2 fully saturated rings. The first-order valence-electron chi connectivity index (χ1n) is 22.3. The van der Waals surface area contributed by atoms with Crippen LogP contribution < -0.4 is 5.73 Å². The molecule has 0 unspecified atom stereocenters. The van der Waals surface area contributed by atoms with Crippen molar-refractivity contribution in [3.8, 4) is 0 Å². The molecule has 0 aromatic carbocycles. The number of hydrogen-bond acceptors (Lipinski definition) is 17. The molecule has 3 aliphatic rings. The van der Waals surface area contributed by atoms with Crippen molar-refractivity contribution < 1.29 is 84.7 Å². The molecule has 65 heavy (non-hydrogen) atoms. The summed E-state index contributed by atoms with van der Waals surface area (Å²) in [6.07, 6.45) is 3.46. The summed E-state index contributed by atoms with van der Waals surface area (Å²) in [6, 6.07) is -1.15. The first-order chi connectivity index (χ1) is 30.6. The molecule has 18 heteroatoms. The third kappa shape index (κ3) is 18.6. The van der Waals surface area contributed by atoms with E-state index < -0.39 is 147 Å². The molecule has 0 amide bonds. The summed E-state index contributed by atoms with van der Waals surface area (Å²) in [6.45, 7) is 6.74. The third-order valence-corrected chi connectivity index (χ3v) is 12.0. The molecule has 19 atom stereocenters. The Labute approximate surface area is 381 Å². The average Bonchev–Trinajstić information content (AvgIpc) is 3.21. The smallest absolute Gasteiger partial charge is 0.311 e. The van der Waals surface area contributed by atoms with Gasteiger partial charge in [-0.2, -0.15) is 0 Å². The normalized spacial score (nSPS) is 45.5. The fourth-order valence-corrected chi connectivity index (χ4v) is 7.97. The number of carboxylic acid groups (broad SMARTS) is 1. The summed E-state index contributed by atoms with van der Waals surface area (Å²) in [4.78, 5) is 25.1. The number of aliphatic hydroxyl groups excluding tert-OH is 9. The highest BCUT2D eigenvalue weighted by Gasteiger charge is 2.51. The molecule has 3 rings (SSSR count). The summed E-state index contributed by atoms with van der Waals surface area (Å²) >= 11 is 0. The van der Waals surface area contributed by atoms with Gasteiger partial charge in [0, 0.05) is 37.5 Å². The van der Waals surface area contributed by atoms with Crippen LogP contribution in [-0.2, 0) is 28.5 Å². The van der Waals surface area contributed by atoms with E-state index in [9.17, 15) is 65.8 Å². The molecule has 0 aromatic rings. The van der Waals surface area contributed by atoms with Crippen LogP contribution >= 0.6 is 0 Å². The van der Waals surface area contributed by atoms with Gasteiger partial charge in [0.2, 0.25) is 0 Å². The molecular formula is C47H73NO17. The number of aliphatic carboxylic acids is 1. The van der Waals surface area contributed by atoms with Crippen LogP contribution in [0.15, 0.2) is 85.1 Å². The van der Waals surface area contributed by atoms with Gasteiger partial charge in [0.15, 0.2) is 12.1 Å². The number of nitrogens with two attached hydrogens (primary N) is 1. The van der Waals surface area contributed by atoms with Gasteiger partial charge in [-0.15, -0.1) is 0 Å². The van der Waals surface area contributed by atoms with Crippen molar-refractivity contribution in [2.45, 2.75) is 177 Å². The molecule has 18 nitrogen and oxygen atoms in total. The summed E-state index contributed by atoms with van der Waals surface area (Å²) in [5.74, 6) is -6.83. The number of allylic oxidation sites excluding steroid dienone is 12. The maximum Gasteiger partial charge on any atom is 0.311 e. The van der Waals surface area contributed by atoms with Gasteiger partial charge in [0.25, 0.3) is 0 Å². The van der Waals surface area contributed by atoms with Crippen molar-refractivity contribution >= 4 is 11.9 Å². The lowest BCUT2D eigenvalue weighted by molar-refractivity contribution is -0.308. The number of rotatable bonds is 3. The van der Waals surface area contributed by atoms with Gasteiger partial charge in [0.05, 0.1) is 79.6 Å². The van der Waals surface area contributed by atoms with Gasteiger partial charge in [-0.05, 0) is 33.1 Å². The van der Waals surface area contributed by atoms with Gasteiger partial charge >= 0.3 is 11.9 Å². The standard InChI is InChI=1S/C47H73NO17/c1-27-17-15-13-11-9-7-5-6-8-10-12-14-16-18-34(64-46-44(58)41(48)43(57)30(4)63-46)24-38-40(45(59)60)37(54)26-47(61,65-38)25-33(51)22-36(53)35(52)20-19-31(49)21-32(50)23-39(55)62-29(3)28(2)42(27)56/h5-18,27-38,40-44,46,49-54,56-58,61H,19-26,48H2,1-4H3,(H,59,60)/b6-5-,9-7-,10-8-,13-11-,14-12-,17-15-,18-16-/t27-,28-,29-,30+,31+,32+,33-,34-,35+,36+,37-,38-,40+,41-,42+,43+,44-,46-,47+/m0/s1. The Balaban J connectivity index is 1.86. The number of aliphatic hydroxyl groups is 10. The second-order valence-electron chi connectivity index (χ2n) is 17.6. The molecule has 0 aromatic heterocycles. The number of carboxylic acids is 1. The lowest BCUT2D eigenvalue weighted by Crippen LogP contribution is -2.61. The predicted octanol–water partition coefficient (Wildman–Crippen LogP) is 0.712. The van der Waals surface area contributed by atoms with Gasteiger partial charge < -0.3 is 80.9 Å². The lowest BCUT2D eigenvalue weighted by Gasteiger charge is -2.45. The monoisotopic (exact) mass is 923 g/mol. The summed E-state index contributed by atoms with van der Waals surface area (Å²) in [5.41, 5.74) is 6.02. The molecule has 13 N–H and O–H groups in total. The van der Waals surface area contributed by atoms with Gasteiger partial charge in [-0.25, -0.2) is 0 Å². The molecule has 3 aliphatic heterocycles. The van der Waals surface area contributed by atoms with E-state index in [4.69, 9.17) is 24.7 Å². The van der Waals surface area contributed by atoms with Crippen LogP contribution in [0, 0.1) is 17.8 Å². The van der Waals surface area contributed by atoms with Crippen LogP contribution in [0.4, 0.5) is 0 Å². The molecule has 3 heterocycles. The summed E-state index contributed by atoms with van der Waals surface area (Å²) in [5, 5.41) is 118. The number of hydrogen-bond donors (Lipinski definition) is 12. The first-order valence-corrected chi connectivity index (χ1v) is 22.3.